The molecule has 0 spiro atoms. The number of nitriles is 1. The number of fused-ring (bicyclic) bond motifs is 1. The number of benzene rings is 2. The van der Waals surface area contributed by atoms with E-state index in [1.165, 1.54) is 0 Å². The lowest BCUT2D eigenvalue weighted by Gasteiger charge is -2.09. The molecule has 0 radical (unpaired) electrons. The van der Waals surface area contributed by atoms with E-state index in [-0.39, 0.29) is 11.3 Å². The molecule has 3 rings (SSSR count). The van der Waals surface area contributed by atoms with Crippen LogP contribution in [0.15, 0.2) is 54.3 Å². The standard InChI is InChI=1S/C23H23N3O4/c1-15(2)13-29-17-10-8-16(9-11-17)23(28)30-14-21(27)18(12-24)22-25-19-6-4-5-7-20(19)26(22)3/h4-11,15,27H,13-14H2,1-3H3/b21-18-. The first kappa shape index (κ1) is 20.9. The normalized spacial score (nSPS) is 11.8. The van der Waals surface area contributed by atoms with Crippen molar-refractivity contribution in [3.05, 3.63) is 65.7 Å². The summed E-state index contributed by atoms with van der Waals surface area (Å²) < 4.78 is 12.5. The van der Waals surface area contributed by atoms with Gasteiger partial charge in [-0.3, -0.25) is 0 Å². The summed E-state index contributed by atoms with van der Waals surface area (Å²) in [4.78, 5) is 16.7. The van der Waals surface area contributed by atoms with E-state index in [1.54, 1.807) is 35.9 Å². The van der Waals surface area contributed by atoms with E-state index in [1.807, 2.05) is 30.3 Å². The molecular formula is C23H23N3O4. The van der Waals surface area contributed by atoms with Crippen molar-refractivity contribution >= 4 is 22.6 Å². The van der Waals surface area contributed by atoms with E-state index in [4.69, 9.17) is 9.47 Å². The molecule has 1 N–H and O–H groups in total. The predicted octanol–water partition coefficient (Wildman–Crippen LogP) is 4.26. The van der Waals surface area contributed by atoms with Crippen LogP contribution in [0.5, 0.6) is 5.75 Å². The number of allylic oxidation sites excluding steroid dienone is 1. The molecule has 0 amide bonds. The number of aliphatic hydroxyl groups excluding tert-OH is 1. The molecule has 0 saturated heterocycles. The smallest absolute Gasteiger partial charge is 0.338 e. The Morgan fingerprint density at radius 1 is 1.20 bits per heavy atom. The Labute approximate surface area is 174 Å². The molecular weight excluding hydrogens is 382 g/mol. The number of esters is 1. The van der Waals surface area contributed by atoms with E-state index in [0.717, 1.165) is 5.52 Å². The Kier molecular flexibility index (Phi) is 6.38. The second kappa shape index (κ2) is 9.14. The third kappa shape index (κ3) is 4.61. The monoisotopic (exact) mass is 405 g/mol. The maximum absolute atomic E-state index is 12.3. The van der Waals surface area contributed by atoms with Gasteiger partial charge >= 0.3 is 5.97 Å². The molecule has 0 aliphatic rings. The number of ether oxygens (including phenoxy) is 2. The van der Waals surface area contributed by atoms with Gasteiger partial charge < -0.3 is 19.1 Å². The summed E-state index contributed by atoms with van der Waals surface area (Å²) in [6.07, 6.45) is 0. The van der Waals surface area contributed by atoms with Crippen LogP contribution in [0.3, 0.4) is 0 Å². The number of nitrogens with zero attached hydrogens (tertiary/aromatic N) is 3. The predicted molar refractivity (Wildman–Crippen MR) is 113 cm³/mol. The summed E-state index contributed by atoms with van der Waals surface area (Å²) in [5, 5.41) is 19.9. The summed E-state index contributed by atoms with van der Waals surface area (Å²) in [5.41, 5.74) is 1.80. The molecule has 30 heavy (non-hydrogen) atoms. The van der Waals surface area contributed by atoms with Gasteiger partial charge in [-0.05, 0) is 42.3 Å². The highest BCUT2D eigenvalue weighted by Gasteiger charge is 2.18. The first-order valence-corrected chi connectivity index (χ1v) is 9.54. The van der Waals surface area contributed by atoms with Crippen molar-refractivity contribution in [2.75, 3.05) is 13.2 Å². The van der Waals surface area contributed by atoms with Crippen LogP contribution in [-0.4, -0.2) is 33.8 Å². The maximum atomic E-state index is 12.3. The Balaban J connectivity index is 1.71. The number of hydrogen-bond donors (Lipinski definition) is 1. The number of aliphatic hydroxyl groups is 1. The number of aryl methyl sites for hydroxylation is 1. The first-order valence-electron chi connectivity index (χ1n) is 9.54. The summed E-state index contributed by atoms with van der Waals surface area (Å²) in [6, 6.07) is 15.9. The third-order valence-electron chi connectivity index (χ3n) is 4.42. The quantitative estimate of drug-likeness (QED) is 0.358. The average molecular weight is 405 g/mol. The zero-order chi connectivity index (χ0) is 21.7. The van der Waals surface area contributed by atoms with Crippen molar-refractivity contribution in [2.45, 2.75) is 13.8 Å². The number of carbonyl (C=O) groups excluding carboxylic acids is 1. The highest BCUT2D eigenvalue weighted by atomic mass is 16.5. The molecule has 3 aromatic rings. The highest BCUT2D eigenvalue weighted by Crippen LogP contribution is 2.22. The van der Waals surface area contributed by atoms with Crippen molar-refractivity contribution < 1.29 is 19.4 Å². The van der Waals surface area contributed by atoms with Crippen LogP contribution >= 0.6 is 0 Å². The zero-order valence-electron chi connectivity index (χ0n) is 17.1. The number of aromatic nitrogens is 2. The maximum Gasteiger partial charge on any atom is 0.338 e. The third-order valence-corrected chi connectivity index (χ3v) is 4.42. The van der Waals surface area contributed by atoms with Gasteiger partial charge in [0.15, 0.2) is 11.6 Å². The van der Waals surface area contributed by atoms with E-state index >= 15 is 0 Å². The van der Waals surface area contributed by atoms with Crippen LogP contribution in [0.4, 0.5) is 0 Å². The van der Waals surface area contributed by atoms with Crippen LogP contribution in [0, 0.1) is 17.2 Å². The van der Waals surface area contributed by atoms with Crippen molar-refractivity contribution in [3.8, 4) is 11.8 Å². The van der Waals surface area contributed by atoms with E-state index in [0.29, 0.717) is 35.2 Å². The molecule has 0 saturated carbocycles. The SMILES string of the molecule is CC(C)COc1ccc(C(=O)OC/C(O)=C(\C#N)c2nc3ccccc3n2C)cc1. The largest absolute Gasteiger partial charge is 0.507 e. The van der Waals surface area contributed by atoms with Crippen LogP contribution in [0.2, 0.25) is 0 Å². The Morgan fingerprint density at radius 3 is 2.53 bits per heavy atom. The van der Waals surface area contributed by atoms with E-state index in [2.05, 4.69) is 18.8 Å². The van der Waals surface area contributed by atoms with Crippen molar-refractivity contribution in [3.63, 3.8) is 0 Å². The van der Waals surface area contributed by atoms with E-state index < -0.39 is 12.6 Å². The molecule has 154 valence electrons. The lowest BCUT2D eigenvalue weighted by Crippen LogP contribution is -2.10. The average Bonchev–Trinajstić information content (AvgIpc) is 3.08. The number of hydrogen-bond acceptors (Lipinski definition) is 6. The minimum absolute atomic E-state index is 0.0427. The fourth-order valence-electron chi connectivity index (χ4n) is 2.85. The summed E-state index contributed by atoms with van der Waals surface area (Å²) in [5.74, 6) is 0.394. The minimum atomic E-state index is -0.612. The van der Waals surface area contributed by atoms with Gasteiger partial charge in [0.05, 0.1) is 23.2 Å². The molecule has 0 bridgehead atoms. The summed E-state index contributed by atoms with van der Waals surface area (Å²) in [7, 11) is 1.75. The van der Waals surface area contributed by atoms with Crippen molar-refractivity contribution in [2.24, 2.45) is 13.0 Å². The molecule has 1 heterocycles. The van der Waals surface area contributed by atoms with Crippen LogP contribution in [-0.2, 0) is 11.8 Å². The van der Waals surface area contributed by atoms with Gasteiger partial charge in [-0.25, -0.2) is 9.78 Å². The zero-order valence-corrected chi connectivity index (χ0v) is 17.1. The molecule has 2 aromatic carbocycles. The number of carbonyl (C=O) groups is 1. The summed E-state index contributed by atoms with van der Waals surface area (Å²) >= 11 is 0. The lowest BCUT2D eigenvalue weighted by molar-refractivity contribution is 0.0502. The van der Waals surface area contributed by atoms with Gasteiger partial charge in [0.2, 0.25) is 0 Å². The Hall–Kier alpha value is -3.79. The molecule has 0 aliphatic carbocycles. The van der Waals surface area contributed by atoms with E-state index in [9.17, 15) is 15.2 Å². The lowest BCUT2D eigenvalue weighted by atomic mass is 10.2. The number of imidazole rings is 1. The fourth-order valence-corrected chi connectivity index (χ4v) is 2.85. The van der Waals surface area contributed by atoms with Gasteiger partial charge in [0, 0.05) is 7.05 Å². The van der Waals surface area contributed by atoms with Gasteiger partial charge in [0.1, 0.15) is 24.0 Å². The molecule has 0 unspecified atom stereocenters. The Bertz CT molecular complexity index is 1120. The molecule has 0 aliphatic heterocycles. The van der Waals surface area contributed by atoms with Crippen molar-refractivity contribution in [1.82, 2.24) is 9.55 Å². The second-order valence-corrected chi connectivity index (χ2v) is 7.22. The number of rotatable bonds is 7. The van der Waals surface area contributed by atoms with Crippen LogP contribution in [0.25, 0.3) is 16.6 Å². The van der Waals surface area contributed by atoms with Crippen LogP contribution in [0.1, 0.15) is 30.0 Å². The molecule has 1 aromatic heterocycles. The topological polar surface area (TPSA) is 97.4 Å². The second-order valence-electron chi connectivity index (χ2n) is 7.22. The minimum Gasteiger partial charge on any atom is -0.507 e. The molecule has 0 atom stereocenters. The Morgan fingerprint density at radius 2 is 1.90 bits per heavy atom. The van der Waals surface area contributed by atoms with Gasteiger partial charge in [-0.1, -0.05) is 26.0 Å². The van der Waals surface area contributed by atoms with Gasteiger partial charge in [-0.15, -0.1) is 0 Å². The first-order chi connectivity index (χ1) is 14.4. The molecule has 7 heteroatoms. The number of para-hydroxylation sites is 2. The van der Waals surface area contributed by atoms with Gasteiger partial charge in [0.25, 0.3) is 0 Å². The fraction of sp³-hybridized carbons (Fsp3) is 0.261. The van der Waals surface area contributed by atoms with Crippen LogP contribution < -0.4 is 4.74 Å². The van der Waals surface area contributed by atoms with Gasteiger partial charge in [-0.2, -0.15) is 5.26 Å². The van der Waals surface area contributed by atoms with Crippen molar-refractivity contribution in [1.29, 1.82) is 5.26 Å². The molecule has 7 nitrogen and oxygen atoms in total. The molecule has 0 fully saturated rings. The highest BCUT2D eigenvalue weighted by molar-refractivity contribution is 5.90. The summed E-state index contributed by atoms with van der Waals surface area (Å²) in [6.45, 7) is 4.25.